The molecule has 0 spiro atoms. The van der Waals surface area contributed by atoms with Gasteiger partial charge in [-0.1, -0.05) is 12.1 Å². The average Bonchev–Trinajstić information content (AvgIpc) is 3.31. The number of carbonyl (C=O) groups excluding carboxylic acids is 1. The molecule has 2 heterocycles. The highest BCUT2D eigenvalue weighted by Crippen LogP contribution is 2.25. The Kier molecular flexibility index (Phi) is 4.66. The lowest BCUT2D eigenvalue weighted by molar-refractivity contribution is -0.125. The van der Waals surface area contributed by atoms with Crippen LogP contribution in [-0.4, -0.2) is 35.0 Å². The molecular formula is C19H16N2O4. The maximum absolute atomic E-state index is 12.3. The van der Waals surface area contributed by atoms with E-state index < -0.39 is 5.97 Å². The van der Waals surface area contributed by atoms with E-state index in [0.29, 0.717) is 30.2 Å². The van der Waals surface area contributed by atoms with Crippen LogP contribution in [0.25, 0.3) is 17.4 Å². The normalized spacial score (nSPS) is 14.4. The first-order valence-corrected chi connectivity index (χ1v) is 7.93. The fourth-order valence-corrected chi connectivity index (χ4v) is 2.77. The summed E-state index contributed by atoms with van der Waals surface area (Å²) in [6.45, 7) is 1.34. The third-order valence-corrected chi connectivity index (χ3v) is 4.05. The van der Waals surface area contributed by atoms with Crippen molar-refractivity contribution in [3.8, 4) is 17.4 Å². The highest BCUT2D eigenvalue weighted by atomic mass is 16.4. The van der Waals surface area contributed by atoms with Gasteiger partial charge in [0.05, 0.1) is 5.56 Å². The Morgan fingerprint density at radius 3 is 2.64 bits per heavy atom. The van der Waals surface area contributed by atoms with Crippen LogP contribution in [0.1, 0.15) is 29.0 Å². The Morgan fingerprint density at radius 2 is 1.96 bits per heavy atom. The molecule has 0 aliphatic carbocycles. The predicted octanol–water partition coefficient (Wildman–Crippen LogP) is 3.17. The first-order chi connectivity index (χ1) is 12.1. The van der Waals surface area contributed by atoms with Crippen LogP contribution in [0.5, 0.6) is 0 Å². The lowest BCUT2D eigenvalue weighted by atomic mass is 10.1. The van der Waals surface area contributed by atoms with E-state index in [1.165, 1.54) is 18.2 Å². The topological polar surface area (TPSA) is 94.5 Å². The molecule has 0 atom stereocenters. The molecule has 2 aromatic rings. The Hall–Kier alpha value is -3.33. The number of carboxylic acids is 1. The van der Waals surface area contributed by atoms with Gasteiger partial charge in [0.25, 0.3) is 5.91 Å². The van der Waals surface area contributed by atoms with Crippen LogP contribution in [0.15, 0.2) is 46.4 Å². The summed E-state index contributed by atoms with van der Waals surface area (Å²) in [5.74, 6) is -0.456. The molecule has 25 heavy (non-hydrogen) atoms. The lowest BCUT2D eigenvalue weighted by Crippen LogP contribution is -2.28. The molecule has 1 aromatic carbocycles. The van der Waals surface area contributed by atoms with Gasteiger partial charge in [0, 0.05) is 24.7 Å². The van der Waals surface area contributed by atoms with Crippen molar-refractivity contribution in [2.45, 2.75) is 12.8 Å². The van der Waals surface area contributed by atoms with Crippen LogP contribution in [0, 0.1) is 11.3 Å². The van der Waals surface area contributed by atoms with Gasteiger partial charge in [-0.3, -0.25) is 4.79 Å². The molecule has 1 amide bonds. The zero-order valence-electron chi connectivity index (χ0n) is 13.4. The Labute approximate surface area is 144 Å². The van der Waals surface area contributed by atoms with Crippen LogP contribution in [0.3, 0.4) is 0 Å². The van der Waals surface area contributed by atoms with Gasteiger partial charge in [0.2, 0.25) is 0 Å². The van der Waals surface area contributed by atoms with Gasteiger partial charge in [-0.25, -0.2) is 4.79 Å². The van der Waals surface area contributed by atoms with E-state index in [9.17, 15) is 14.9 Å². The second-order valence-corrected chi connectivity index (χ2v) is 5.76. The minimum absolute atomic E-state index is 0.0297. The molecule has 1 N–H and O–H groups in total. The monoisotopic (exact) mass is 336 g/mol. The largest absolute Gasteiger partial charge is 0.478 e. The number of benzene rings is 1. The number of carbonyl (C=O) groups is 2. The van der Waals surface area contributed by atoms with Crippen LogP contribution in [-0.2, 0) is 4.79 Å². The van der Waals surface area contributed by atoms with Gasteiger partial charge in [-0.15, -0.1) is 0 Å². The number of carboxylic acid groups (broad SMARTS) is 1. The van der Waals surface area contributed by atoms with E-state index >= 15 is 0 Å². The summed E-state index contributed by atoms with van der Waals surface area (Å²) in [5.41, 5.74) is 0.805. The minimum atomic E-state index is -1.02. The Balaban J connectivity index is 1.85. The highest BCUT2D eigenvalue weighted by Gasteiger charge is 2.21. The summed E-state index contributed by atoms with van der Waals surface area (Å²) in [6.07, 6.45) is 3.33. The maximum atomic E-state index is 12.3. The van der Waals surface area contributed by atoms with Gasteiger partial charge < -0.3 is 14.4 Å². The summed E-state index contributed by atoms with van der Waals surface area (Å²) in [5, 5.41) is 18.3. The van der Waals surface area contributed by atoms with Crippen molar-refractivity contribution in [1.29, 1.82) is 5.26 Å². The van der Waals surface area contributed by atoms with Crippen molar-refractivity contribution in [2.75, 3.05) is 13.1 Å². The van der Waals surface area contributed by atoms with Crippen molar-refractivity contribution in [2.24, 2.45) is 0 Å². The van der Waals surface area contributed by atoms with Crippen LogP contribution < -0.4 is 0 Å². The molecule has 6 heteroatoms. The second kappa shape index (κ2) is 7.05. The van der Waals surface area contributed by atoms with Crippen LogP contribution >= 0.6 is 0 Å². The van der Waals surface area contributed by atoms with E-state index in [1.54, 1.807) is 29.2 Å². The number of nitriles is 1. The van der Waals surface area contributed by atoms with Gasteiger partial charge in [-0.2, -0.15) is 5.26 Å². The fourth-order valence-electron chi connectivity index (χ4n) is 2.77. The number of aromatic carboxylic acids is 1. The molecule has 1 saturated heterocycles. The summed E-state index contributed by atoms with van der Waals surface area (Å²) in [6, 6.07) is 11.6. The first-order valence-electron chi connectivity index (χ1n) is 7.93. The van der Waals surface area contributed by atoms with Crippen molar-refractivity contribution >= 4 is 18.0 Å². The molecule has 1 aliphatic rings. The minimum Gasteiger partial charge on any atom is -0.478 e. The number of amides is 1. The smallest absolute Gasteiger partial charge is 0.335 e. The van der Waals surface area contributed by atoms with E-state index in [2.05, 4.69) is 0 Å². The van der Waals surface area contributed by atoms with Crippen LogP contribution in [0.4, 0.5) is 0 Å². The van der Waals surface area contributed by atoms with E-state index in [1.807, 2.05) is 6.07 Å². The molecule has 0 bridgehead atoms. The number of nitrogens with zero attached hydrogens (tertiary/aromatic N) is 2. The Bertz CT molecular complexity index is 883. The zero-order chi connectivity index (χ0) is 17.8. The van der Waals surface area contributed by atoms with Crippen molar-refractivity contribution < 1.29 is 19.1 Å². The number of hydrogen-bond donors (Lipinski definition) is 1. The third kappa shape index (κ3) is 3.61. The third-order valence-electron chi connectivity index (χ3n) is 4.05. The first kappa shape index (κ1) is 16.5. The average molecular weight is 336 g/mol. The zero-order valence-corrected chi connectivity index (χ0v) is 13.4. The fraction of sp³-hybridized carbons (Fsp3) is 0.211. The molecule has 0 saturated carbocycles. The molecule has 126 valence electrons. The molecule has 6 nitrogen and oxygen atoms in total. The number of furan rings is 1. The quantitative estimate of drug-likeness (QED) is 0.683. The Morgan fingerprint density at radius 1 is 1.20 bits per heavy atom. The van der Waals surface area contributed by atoms with E-state index in [0.717, 1.165) is 12.8 Å². The number of rotatable bonds is 4. The molecule has 3 rings (SSSR count). The summed E-state index contributed by atoms with van der Waals surface area (Å²) >= 11 is 0. The van der Waals surface area contributed by atoms with Crippen LogP contribution in [0.2, 0.25) is 0 Å². The summed E-state index contributed by atoms with van der Waals surface area (Å²) in [7, 11) is 0. The van der Waals surface area contributed by atoms with Crippen molar-refractivity contribution in [1.82, 2.24) is 4.90 Å². The standard InChI is InChI=1S/C19H16N2O4/c20-12-15(18(22)21-8-1-2-9-21)11-16-6-7-17(25-16)13-4-3-5-14(10-13)19(23)24/h3-7,10-11H,1-2,8-9H2,(H,23,24)/b15-11+. The van der Waals surface area contributed by atoms with E-state index in [4.69, 9.17) is 9.52 Å². The predicted molar refractivity (Wildman–Crippen MR) is 90.5 cm³/mol. The highest BCUT2D eigenvalue weighted by molar-refractivity contribution is 6.01. The molecular weight excluding hydrogens is 320 g/mol. The number of likely N-dealkylation sites (tertiary alicyclic amines) is 1. The SMILES string of the molecule is N#C/C(=C\c1ccc(-c2cccc(C(=O)O)c2)o1)C(=O)N1CCCC1. The second-order valence-electron chi connectivity index (χ2n) is 5.76. The van der Waals surface area contributed by atoms with Crippen molar-refractivity contribution in [3.63, 3.8) is 0 Å². The molecule has 1 fully saturated rings. The van der Waals surface area contributed by atoms with Gasteiger partial charge >= 0.3 is 5.97 Å². The van der Waals surface area contributed by atoms with Gasteiger partial charge in [-0.05, 0) is 37.1 Å². The molecule has 0 radical (unpaired) electrons. The number of hydrogen-bond acceptors (Lipinski definition) is 4. The van der Waals surface area contributed by atoms with Crippen molar-refractivity contribution in [3.05, 3.63) is 53.3 Å². The lowest BCUT2D eigenvalue weighted by Gasteiger charge is -2.13. The summed E-state index contributed by atoms with van der Waals surface area (Å²) in [4.78, 5) is 25.0. The molecule has 1 aromatic heterocycles. The van der Waals surface area contributed by atoms with Gasteiger partial charge in [0.1, 0.15) is 23.2 Å². The summed E-state index contributed by atoms with van der Waals surface area (Å²) < 4.78 is 5.66. The molecule has 1 aliphatic heterocycles. The van der Waals surface area contributed by atoms with E-state index in [-0.39, 0.29) is 17.0 Å². The molecule has 0 unspecified atom stereocenters. The van der Waals surface area contributed by atoms with Gasteiger partial charge in [0.15, 0.2) is 0 Å². The maximum Gasteiger partial charge on any atom is 0.335 e.